The topological polar surface area (TPSA) is 64.6 Å². The smallest absolute Gasteiger partial charge is 0.341 e. The number of hydrogen-bond acceptors (Lipinski definition) is 4. The molecule has 0 spiro atoms. The highest BCUT2D eigenvalue weighted by Crippen LogP contribution is 2.42. The first-order valence-electron chi connectivity index (χ1n) is 9.43. The number of rotatable bonds is 6. The lowest BCUT2D eigenvalue weighted by molar-refractivity contribution is -0.121. The van der Waals surface area contributed by atoms with Crippen LogP contribution in [0.4, 0.5) is 10.1 Å². The van der Waals surface area contributed by atoms with Crippen molar-refractivity contribution in [3.05, 3.63) is 59.4 Å². The van der Waals surface area contributed by atoms with Gasteiger partial charge in [-0.1, -0.05) is 25.0 Å². The lowest BCUT2D eigenvalue weighted by Crippen LogP contribution is -2.38. The molecule has 3 rings (SSSR count). The van der Waals surface area contributed by atoms with Gasteiger partial charge in [0.2, 0.25) is 5.91 Å². The molecule has 1 fully saturated rings. The molecule has 28 heavy (non-hydrogen) atoms. The van der Waals surface area contributed by atoms with Crippen LogP contribution in [0.2, 0.25) is 0 Å². The summed E-state index contributed by atoms with van der Waals surface area (Å²) in [5.74, 6) is -0.613. The lowest BCUT2D eigenvalue weighted by Gasteiger charge is -2.28. The van der Waals surface area contributed by atoms with Crippen LogP contribution in [-0.4, -0.2) is 25.6 Å². The second-order valence-electron chi connectivity index (χ2n) is 6.89. The van der Waals surface area contributed by atoms with Crippen LogP contribution in [0.15, 0.2) is 42.5 Å². The molecule has 5 nitrogen and oxygen atoms in total. The van der Waals surface area contributed by atoms with Gasteiger partial charge in [-0.25, -0.2) is 9.18 Å². The lowest BCUT2D eigenvalue weighted by atomic mass is 9.78. The van der Waals surface area contributed by atoms with Crippen molar-refractivity contribution in [1.82, 2.24) is 0 Å². The predicted molar refractivity (Wildman–Crippen MR) is 104 cm³/mol. The van der Waals surface area contributed by atoms with Crippen LogP contribution in [0.5, 0.6) is 5.75 Å². The maximum atomic E-state index is 13.3. The predicted octanol–water partition coefficient (Wildman–Crippen LogP) is 4.46. The Kier molecular flexibility index (Phi) is 5.97. The molecule has 0 heterocycles. The van der Waals surface area contributed by atoms with E-state index in [2.05, 4.69) is 5.32 Å². The minimum Gasteiger partial charge on any atom is -0.493 e. The normalized spacial score (nSPS) is 15.1. The Labute approximate surface area is 163 Å². The molecular weight excluding hydrogens is 361 g/mol. The summed E-state index contributed by atoms with van der Waals surface area (Å²) in [4.78, 5) is 25.3. The molecule has 2 aromatic carbocycles. The van der Waals surface area contributed by atoms with Crippen molar-refractivity contribution in [2.45, 2.75) is 38.0 Å². The number of nitrogens with one attached hydrogen (secondary N) is 1. The maximum Gasteiger partial charge on any atom is 0.341 e. The zero-order valence-electron chi connectivity index (χ0n) is 16.1. The summed E-state index contributed by atoms with van der Waals surface area (Å²) < 4.78 is 23.6. The summed E-state index contributed by atoms with van der Waals surface area (Å²) in [6.07, 6.45) is 3.26. The van der Waals surface area contributed by atoms with Crippen LogP contribution < -0.4 is 10.1 Å². The fourth-order valence-corrected chi connectivity index (χ4v) is 3.80. The molecule has 1 N–H and O–H groups in total. The van der Waals surface area contributed by atoms with E-state index < -0.39 is 11.4 Å². The Hall–Kier alpha value is -2.89. The van der Waals surface area contributed by atoms with Gasteiger partial charge in [0.15, 0.2) is 0 Å². The molecule has 0 aromatic heterocycles. The second-order valence-corrected chi connectivity index (χ2v) is 6.89. The van der Waals surface area contributed by atoms with E-state index in [0.29, 0.717) is 30.9 Å². The standard InChI is InChI=1S/C22H24FNO4/c1-3-28-19-11-10-17(14-18(19)20(25)27-2)24-21(26)22(12-4-5-13-22)15-6-8-16(23)9-7-15/h6-11,14H,3-5,12-13H2,1-2H3,(H,24,26). The number of hydrogen-bond donors (Lipinski definition) is 1. The maximum absolute atomic E-state index is 13.3. The molecule has 0 atom stereocenters. The third-order valence-corrected chi connectivity index (χ3v) is 5.23. The highest BCUT2D eigenvalue weighted by atomic mass is 19.1. The summed E-state index contributed by atoms with van der Waals surface area (Å²) in [5.41, 5.74) is 0.854. The van der Waals surface area contributed by atoms with E-state index >= 15 is 0 Å². The highest BCUT2D eigenvalue weighted by Gasteiger charge is 2.42. The van der Waals surface area contributed by atoms with E-state index in [1.165, 1.54) is 19.2 Å². The van der Waals surface area contributed by atoms with Crippen molar-refractivity contribution in [3.63, 3.8) is 0 Å². The van der Waals surface area contributed by atoms with Crippen molar-refractivity contribution < 1.29 is 23.5 Å². The van der Waals surface area contributed by atoms with E-state index in [4.69, 9.17) is 9.47 Å². The number of halogens is 1. The van der Waals surface area contributed by atoms with Crippen LogP contribution in [0, 0.1) is 5.82 Å². The molecule has 0 radical (unpaired) electrons. The molecule has 1 amide bonds. The summed E-state index contributed by atoms with van der Waals surface area (Å²) in [6, 6.07) is 11.0. The van der Waals surface area contributed by atoms with Gasteiger partial charge in [0.1, 0.15) is 17.1 Å². The number of methoxy groups -OCH3 is 1. The minimum atomic E-state index is -0.697. The third-order valence-electron chi connectivity index (χ3n) is 5.23. The van der Waals surface area contributed by atoms with Crippen LogP contribution in [0.25, 0.3) is 0 Å². The van der Waals surface area contributed by atoms with Gasteiger partial charge < -0.3 is 14.8 Å². The Bertz CT molecular complexity index is 857. The van der Waals surface area contributed by atoms with Crippen LogP contribution >= 0.6 is 0 Å². The number of benzene rings is 2. The zero-order valence-corrected chi connectivity index (χ0v) is 16.1. The Morgan fingerprint density at radius 2 is 1.79 bits per heavy atom. The first kappa shape index (κ1) is 19.9. The molecule has 0 unspecified atom stereocenters. The molecule has 148 valence electrons. The van der Waals surface area contributed by atoms with Gasteiger partial charge in [-0.2, -0.15) is 0 Å². The Morgan fingerprint density at radius 3 is 2.39 bits per heavy atom. The quantitative estimate of drug-likeness (QED) is 0.746. The van der Waals surface area contributed by atoms with Gasteiger partial charge in [-0.05, 0) is 55.7 Å². The van der Waals surface area contributed by atoms with E-state index in [-0.39, 0.29) is 17.3 Å². The zero-order chi connectivity index (χ0) is 20.1. The van der Waals surface area contributed by atoms with Crippen LogP contribution in [0.3, 0.4) is 0 Å². The Morgan fingerprint density at radius 1 is 1.11 bits per heavy atom. The summed E-state index contributed by atoms with van der Waals surface area (Å²) >= 11 is 0. The van der Waals surface area contributed by atoms with Crippen molar-refractivity contribution >= 4 is 17.6 Å². The number of anilines is 1. The molecule has 1 saturated carbocycles. The molecule has 1 aliphatic rings. The molecule has 2 aromatic rings. The van der Waals surface area contributed by atoms with Crippen molar-refractivity contribution in [1.29, 1.82) is 0 Å². The fraction of sp³-hybridized carbons (Fsp3) is 0.364. The third kappa shape index (κ3) is 3.86. The number of carbonyl (C=O) groups is 2. The van der Waals surface area contributed by atoms with Gasteiger partial charge in [-0.15, -0.1) is 0 Å². The monoisotopic (exact) mass is 385 g/mol. The summed E-state index contributed by atoms with van der Waals surface area (Å²) in [7, 11) is 1.30. The van der Waals surface area contributed by atoms with Crippen LogP contribution in [-0.2, 0) is 14.9 Å². The molecule has 1 aliphatic carbocycles. The largest absolute Gasteiger partial charge is 0.493 e. The van der Waals surface area contributed by atoms with E-state index in [1.54, 1.807) is 30.3 Å². The Balaban J connectivity index is 1.90. The second kappa shape index (κ2) is 8.42. The van der Waals surface area contributed by atoms with E-state index in [0.717, 1.165) is 18.4 Å². The molecular formula is C22H24FNO4. The first-order valence-corrected chi connectivity index (χ1v) is 9.43. The van der Waals surface area contributed by atoms with Gasteiger partial charge in [-0.3, -0.25) is 4.79 Å². The SMILES string of the molecule is CCOc1ccc(NC(=O)C2(c3ccc(F)cc3)CCCC2)cc1C(=O)OC. The molecule has 6 heteroatoms. The molecule has 0 saturated heterocycles. The summed E-state index contributed by atoms with van der Waals surface area (Å²) in [5, 5.41) is 2.93. The number of amides is 1. The highest BCUT2D eigenvalue weighted by molar-refractivity contribution is 6.01. The van der Waals surface area contributed by atoms with Gasteiger partial charge in [0.05, 0.1) is 19.1 Å². The van der Waals surface area contributed by atoms with E-state index in [9.17, 15) is 14.0 Å². The number of ether oxygens (including phenoxy) is 2. The van der Waals surface area contributed by atoms with Crippen molar-refractivity contribution in [3.8, 4) is 5.75 Å². The minimum absolute atomic E-state index is 0.156. The van der Waals surface area contributed by atoms with E-state index in [1.807, 2.05) is 6.92 Å². The molecule has 0 aliphatic heterocycles. The van der Waals surface area contributed by atoms with Gasteiger partial charge >= 0.3 is 5.97 Å². The van der Waals surface area contributed by atoms with Crippen molar-refractivity contribution in [2.24, 2.45) is 0 Å². The first-order chi connectivity index (χ1) is 13.5. The number of carbonyl (C=O) groups excluding carboxylic acids is 2. The van der Waals surface area contributed by atoms with Crippen LogP contribution in [0.1, 0.15) is 48.5 Å². The fourth-order valence-electron chi connectivity index (χ4n) is 3.80. The summed E-state index contributed by atoms with van der Waals surface area (Å²) in [6.45, 7) is 2.23. The molecule has 0 bridgehead atoms. The number of esters is 1. The van der Waals surface area contributed by atoms with Gasteiger partial charge in [0, 0.05) is 5.69 Å². The van der Waals surface area contributed by atoms with Crippen molar-refractivity contribution in [2.75, 3.05) is 19.0 Å². The average molecular weight is 385 g/mol. The average Bonchev–Trinajstić information content (AvgIpc) is 3.20. The van der Waals surface area contributed by atoms with Gasteiger partial charge in [0.25, 0.3) is 0 Å².